The Kier molecular flexibility index (Phi) is 6.71. The third-order valence-electron chi connectivity index (χ3n) is 6.77. The highest BCUT2D eigenvalue weighted by Crippen LogP contribution is 2.36. The van der Waals surface area contributed by atoms with Gasteiger partial charge in [-0.1, -0.05) is 42.5 Å². The average Bonchev–Trinajstić information content (AvgIpc) is 3.28. The summed E-state index contributed by atoms with van der Waals surface area (Å²) in [5, 5.41) is 5.25. The van der Waals surface area contributed by atoms with Crippen molar-refractivity contribution in [2.24, 2.45) is 0 Å². The lowest BCUT2D eigenvalue weighted by atomic mass is 9.89. The molecule has 2 aromatic heterocycles. The standard InChI is InChI=1S/C28H26F3N3OS/c1-18-17-36-26-24(18)33-16-23(25(26)32-15-19-6-5-9-22(14-19)28(29,30)31)27(35)34-12-10-21(11-13-34)20-7-3-2-4-8-20/h2-9,14,16-17,21H,10-13,15H2,1H3,(H,32,33). The van der Waals surface area contributed by atoms with E-state index in [1.807, 2.05) is 35.4 Å². The Hall–Kier alpha value is -3.39. The minimum atomic E-state index is -4.40. The smallest absolute Gasteiger partial charge is 0.379 e. The van der Waals surface area contributed by atoms with E-state index in [1.54, 1.807) is 12.3 Å². The first-order chi connectivity index (χ1) is 17.3. The second-order valence-electron chi connectivity index (χ2n) is 9.17. The summed E-state index contributed by atoms with van der Waals surface area (Å²) in [6, 6.07) is 15.6. The van der Waals surface area contributed by atoms with E-state index in [1.165, 1.54) is 23.0 Å². The van der Waals surface area contributed by atoms with E-state index >= 15 is 0 Å². The zero-order valence-corrected chi connectivity index (χ0v) is 20.6. The molecule has 1 fully saturated rings. The monoisotopic (exact) mass is 509 g/mol. The predicted molar refractivity (Wildman–Crippen MR) is 137 cm³/mol. The van der Waals surface area contributed by atoms with Gasteiger partial charge in [0, 0.05) is 25.8 Å². The average molecular weight is 510 g/mol. The Morgan fingerprint density at radius 3 is 2.58 bits per heavy atom. The molecule has 1 amide bonds. The number of aryl methyl sites for hydroxylation is 1. The number of nitrogens with zero attached hydrogens (tertiary/aromatic N) is 2. The lowest BCUT2D eigenvalue weighted by Crippen LogP contribution is -2.38. The number of pyridine rings is 1. The molecule has 0 aliphatic carbocycles. The van der Waals surface area contributed by atoms with Crippen LogP contribution in [-0.4, -0.2) is 28.9 Å². The van der Waals surface area contributed by atoms with Crippen molar-refractivity contribution in [3.63, 3.8) is 0 Å². The number of carbonyl (C=O) groups excluding carboxylic acids is 1. The van der Waals surface area contributed by atoms with E-state index in [9.17, 15) is 18.0 Å². The number of thiophene rings is 1. The highest BCUT2D eigenvalue weighted by Gasteiger charge is 2.31. The molecule has 36 heavy (non-hydrogen) atoms. The molecule has 4 nitrogen and oxygen atoms in total. The highest BCUT2D eigenvalue weighted by atomic mass is 32.1. The fourth-order valence-electron chi connectivity index (χ4n) is 4.79. The summed E-state index contributed by atoms with van der Waals surface area (Å²) in [5.74, 6) is 0.322. The topological polar surface area (TPSA) is 45.2 Å². The molecule has 0 spiro atoms. The number of fused-ring (bicyclic) bond motifs is 1. The van der Waals surface area contributed by atoms with Gasteiger partial charge in [0.05, 0.1) is 27.0 Å². The molecule has 0 bridgehead atoms. The van der Waals surface area contributed by atoms with Gasteiger partial charge in [0.2, 0.25) is 0 Å². The molecule has 3 heterocycles. The second-order valence-corrected chi connectivity index (χ2v) is 10.1. The number of aromatic nitrogens is 1. The maximum atomic E-state index is 13.6. The number of benzene rings is 2. The Morgan fingerprint density at radius 2 is 1.86 bits per heavy atom. The molecule has 8 heteroatoms. The van der Waals surface area contributed by atoms with Crippen molar-refractivity contribution in [1.82, 2.24) is 9.88 Å². The Balaban J connectivity index is 1.39. The molecular weight excluding hydrogens is 483 g/mol. The van der Waals surface area contributed by atoms with Crippen LogP contribution in [0.15, 0.2) is 66.2 Å². The Bertz CT molecular complexity index is 1380. The number of piperidine rings is 1. The van der Waals surface area contributed by atoms with E-state index in [0.29, 0.717) is 35.8 Å². The number of amides is 1. The van der Waals surface area contributed by atoms with Crippen LogP contribution in [0.5, 0.6) is 0 Å². The number of halogens is 3. The molecule has 0 saturated carbocycles. The van der Waals surface area contributed by atoms with E-state index in [2.05, 4.69) is 22.4 Å². The van der Waals surface area contributed by atoms with Gasteiger partial charge in [-0.05, 0) is 59.9 Å². The summed E-state index contributed by atoms with van der Waals surface area (Å²) < 4.78 is 40.4. The van der Waals surface area contributed by atoms with E-state index in [0.717, 1.165) is 40.8 Å². The summed E-state index contributed by atoms with van der Waals surface area (Å²) in [4.78, 5) is 20.0. The van der Waals surface area contributed by atoms with Crippen LogP contribution in [-0.2, 0) is 12.7 Å². The summed E-state index contributed by atoms with van der Waals surface area (Å²) in [7, 11) is 0. The van der Waals surface area contributed by atoms with Gasteiger partial charge in [0.25, 0.3) is 5.91 Å². The Morgan fingerprint density at radius 1 is 1.11 bits per heavy atom. The third-order valence-corrected chi connectivity index (χ3v) is 7.87. The van der Waals surface area contributed by atoms with Crippen molar-refractivity contribution >= 4 is 33.1 Å². The molecule has 2 aromatic carbocycles. The second kappa shape index (κ2) is 9.93. The molecule has 1 aliphatic heterocycles. The molecule has 1 aliphatic rings. The van der Waals surface area contributed by atoms with Gasteiger partial charge >= 0.3 is 6.18 Å². The van der Waals surface area contributed by atoms with E-state index < -0.39 is 11.7 Å². The number of hydrogen-bond donors (Lipinski definition) is 1. The zero-order chi connectivity index (χ0) is 25.3. The van der Waals surface area contributed by atoms with Crippen molar-refractivity contribution in [3.05, 3.63) is 94.0 Å². The van der Waals surface area contributed by atoms with Gasteiger partial charge < -0.3 is 10.2 Å². The van der Waals surface area contributed by atoms with Crippen LogP contribution in [0, 0.1) is 6.92 Å². The summed E-state index contributed by atoms with van der Waals surface area (Å²) in [6.45, 7) is 3.41. The van der Waals surface area contributed by atoms with E-state index in [4.69, 9.17) is 0 Å². The van der Waals surface area contributed by atoms with Crippen molar-refractivity contribution in [1.29, 1.82) is 0 Å². The minimum absolute atomic E-state index is 0.103. The van der Waals surface area contributed by atoms with Crippen LogP contribution in [0.1, 0.15) is 51.4 Å². The largest absolute Gasteiger partial charge is 0.416 e. The number of rotatable bonds is 5. The predicted octanol–water partition coefficient (Wildman–Crippen LogP) is 7.26. The molecule has 186 valence electrons. The van der Waals surface area contributed by atoms with Crippen LogP contribution in [0.25, 0.3) is 10.2 Å². The molecule has 0 unspecified atom stereocenters. The van der Waals surface area contributed by atoms with Crippen LogP contribution in [0.2, 0.25) is 0 Å². The first-order valence-corrected chi connectivity index (χ1v) is 12.8. The summed E-state index contributed by atoms with van der Waals surface area (Å²) >= 11 is 1.48. The van der Waals surface area contributed by atoms with Gasteiger partial charge in [-0.25, -0.2) is 0 Å². The van der Waals surface area contributed by atoms with Crippen LogP contribution >= 0.6 is 11.3 Å². The SMILES string of the molecule is Cc1csc2c(NCc3cccc(C(F)(F)F)c3)c(C(=O)N3CCC(c4ccccc4)CC3)cnc12. The molecule has 1 saturated heterocycles. The van der Waals surface area contributed by atoms with Gasteiger partial charge in [-0.2, -0.15) is 13.2 Å². The van der Waals surface area contributed by atoms with Crippen LogP contribution < -0.4 is 5.32 Å². The van der Waals surface area contributed by atoms with Crippen molar-refractivity contribution in [2.75, 3.05) is 18.4 Å². The minimum Gasteiger partial charge on any atom is -0.379 e. The van der Waals surface area contributed by atoms with Crippen molar-refractivity contribution < 1.29 is 18.0 Å². The number of anilines is 1. The van der Waals surface area contributed by atoms with Gasteiger partial charge in [0.1, 0.15) is 0 Å². The first kappa shape index (κ1) is 24.3. The maximum Gasteiger partial charge on any atom is 0.416 e. The van der Waals surface area contributed by atoms with Gasteiger partial charge in [-0.3, -0.25) is 9.78 Å². The molecule has 5 rings (SSSR count). The quantitative estimate of drug-likeness (QED) is 0.308. The number of likely N-dealkylation sites (tertiary alicyclic amines) is 1. The molecule has 4 aromatic rings. The third kappa shape index (κ3) is 4.95. The summed E-state index contributed by atoms with van der Waals surface area (Å²) in [5.41, 5.74) is 3.98. The first-order valence-electron chi connectivity index (χ1n) is 11.9. The lowest BCUT2D eigenvalue weighted by Gasteiger charge is -2.32. The normalized spacial score (nSPS) is 14.8. The zero-order valence-electron chi connectivity index (χ0n) is 19.8. The molecule has 0 radical (unpaired) electrons. The highest BCUT2D eigenvalue weighted by molar-refractivity contribution is 7.18. The van der Waals surface area contributed by atoms with Gasteiger partial charge in [-0.15, -0.1) is 11.3 Å². The van der Waals surface area contributed by atoms with Crippen molar-refractivity contribution in [3.8, 4) is 0 Å². The molecular formula is C28H26F3N3OS. The fraction of sp³-hybridized carbons (Fsp3) is 0.286. The number of nitrogens with one attached hydrogen (secondary N) is 1. The lowest BCUT2D eigenvalue weighted by molar-refractivity contribution is -0.137. The number of alkyl halides is 3. The van der Waals surface area contributed by atoms with Gasteiger partial charge in [0.15, 0.2) is 0 Å². The Labute approximate surface area is 211 Å². The maximum absolute atomic E-state index is 13.6. The number of carbonyl (C=O) groups is 1. The van der Waals surface area contributed by atoms with Crippen molar-refractivity contribution in [2.45, 2.75) is 38.4 Å². The fourth-order valence-corrected chi connectivity index (χ4v) is 5.82. The van der Waals surface area contributed by atoms with Crippen LogP contribution in [0.4, 0.5) is 18.9 Å². The molecule has 0 atom stereocenters. The summed E-state index contributed by atoms with van der Waals surface area (Å²) in [6.07, 6.45) is -1.03. The number of hydrogen-bond acceptors (Lipinski definition) is 4. The molecule has 1 N–H and O–H groups in total. The van der Waals surface area contributed by atoms with Crippen LogP contribution in [0.3, 0.4) is 0 Å². The van der Waals surface area contributed by atoms with E-state index in [-0.39, 0.29) is 12.5 Å².